The summed E-state index contributed by atoms with van der Waals surface area (Å²) in [4.78, 5) is 0. The van der Waals surface area contributed by atoms with Crippen molar-refractivity contribution in [3.05, 3.63) is 23.5 Å². The van der Waals surface area contributed by atoms with Gasteiger partial charge in [-0.3, -0.25) is 0 Å². The molecule has 0 bridgehead atoms. The van der Waals surface area contributed by atoms with Crippen LogP contribution in [0.1, 0.15) is 25.0 Å². The summed E-state index contributed by atoms with van der Waals surface area (Å²) >= 11 is 0. The van der Waals surface area contributed by atoms with Crippen molar-refractivity contribution >= 4 is 12.6 Å². The lowest BCUT2D eigenvalue weighted by Gasteiger charge is -2.12. The molecule has 17 heavy (non-hydrogen) atoms. The van der Waals surface area contributed by atoms with Gasteiger partial charge >= 0.3 is 7.12 Å². The van der Waals surface area contributed by atoms with Crippen LogP contribution in [0.4, 0.5) is 4.39 Å². The summed E-state index contributed by atoms with van der Waals surface area (Å²) in [6.07, 6.45) is 0.230. The Bertz CT molecular complexity index is 416. The molecule has 0 radical (unpaired) electrons. The molecule has 92 valence electrons. The molecule has 1 atom stereocenters. The predicted molar refractivity (Wildman–Crippen MR) is 62.7 cm³/mol. The summed E-state index contributed by atoms with van der Waals surface area (Å²) in [5.41, 5.74) is 6.17. The second-order valence-electron chi connectivity index (χ2n) is 3.93. The van der Waals surface area contributed by atoms with Crippen LogP contribution >= 0.6 is 0 Å². The maximum Gasteiger partial charge on any atom is 0.495 e. The molecule has 1 unspecified atom stereocenters. The van der Waals surface area contributed by atoms with Crippen molar-refractivity contribution in [3.63, 3.8) is 0 Å². The van der Waals surface area contributed by atoms with Crippen LogP contribution in [0, 0.1) is 5.82 Å². The quantitative estimate of drug-likeness (QED) is 0.743. The number of hydrogen-bond donors (Lipinski definition) is 2. The van der Waals surface area contributed by atoms with Gasteiger partial charge in [0.1, 0.15) is 11.6 Å². The van der Waals surface area contributed by atoms with E-state index in [1.165, 1.54) is 12.1 Å². The van der Waals surface area contributed by atoms with Crippen molar-refractivity contribution in [1.82, 2.24) is 0 Å². The molecule has 0 aliphatic carbocycles. The first-order valence-electron chi connectivity index (χ1n) is 5.67. The summed E-state index contributed by atoms with van der Waals surface area (Å²) in [7, 11) is -1.17. The highest BCUT2D eigenvalue weighted by Gasteiger charge is 2.39. The zero-order valence-corrected chi connectivity index (χ0v) is 9.65. The van der Waals surface area contributed by atoms with Gasteiger partial charge in [-0.2, -0.15) is 0 Å². The summed E-state index contributed by atoms with van der Waals surface area (Å²) in [5.74, 6) is 0.0440. The van der Waals surface area contributed by atoms with Gasteiger partial charge in [0.15, 0.2) is 0 Å². The molecule has 1 aromatic carbocycles. The standard InChI is InChI=1S/C11H15BFNO3/c1-2-5-16-8-4-3-7(13)10-9(6-14)17-12(15)11(8)10/h3-4,9,15H,2,5-6,14H2,1H3. The fourth-order valence-corrected chi connectivity index (χ4v) is 1.97. The minimum Gasteiger partial charge on any atom is -0.494 e. The number of fused-ring (bicyclic) bond motifs is 1. The molecule has 1 heterocycles. The molecule has 0 spiro atoms. The lowest BCUT2D eigenvalue weighted by Crippen LogP contribution is -2.30. The van der Waals surface area contributed by atoms with E-state index in [0.29, 0.717) is 23.4 Å². The van der Waals surface area contributed by atoms with Crippen LogP contribution in [0.25, 0.3) is 0 Å². The topological polar surface area (TPSA) is 64.7 Å². The average molecular weight is 239 g/mol. The van der Waals surface area contributed by atoms with Crippen LogP contribution in [0.2, 0.25) is 0 Å². The smallest absolute Gasteiger partial charge is 0.494 e. The summed E-state index contributed by atoms with van der Waals surface area (Å²) in [6.45, 7) is 2.61. The van der Waals surface area contributed by atoms with Gasteiger partial charge in [0, 0.05) is 17.6 Å². The van der Waals surface area contributed by atoms with E-state index >= 15 is 0 Å². The maximum absolute atomic E-state index is 13.7. The Kier molecular flexibility index (Phi) is 3.66. The van der Waals surface area contributed by atoms with Crippen molar-refractivity contribution in [2.24, 2.45) is 5.73 Å². The lowest BCUT2D eigenvalue weighted by atomic mass is 9.78. The third-order valence-electron chi connectivity index (χ3n) is 2.73. The number of ether oxygens (including phenoxy) is 1. The molecule has 4 nitrogen and oxygen atoms in total. The molecule has 0 aromatic heterocycles. The molecule has 0 saturated carbocycles. The number of hydrogen-bond acceptors (Lipinski definition) is 4. The van der Waals surface area contributed by atoms with E-state index in [4.69, 9.17) is 15.1 Å². The Morgan fingerprint density at radius 1 is 1.59 bits per heavy atom. The van der Waals surface area contributed by atoms with Crippen molar-refractivity contribution in [2.75, 3.05) is 13.2 Å². The minimum atomic E-state index is -1.17. The van der Waals surface area contributed by atoms with Gasteiger partial charge in [0.25, 0.3) is 0 Å². The second-order valence-corrected chi connectivity index (χ2v) is 3.93. The van der Waals surface area contributed by atoms with E-state index in [0.717, 1.165) is 6.42 Å². The second kappa shape index (κ2) is 5.04. The molecule has 2 rings (SSSR count). The Hall–Kier alpha value is -1.11. The van der Waals surface area contributed by atoms with Crippen molar-refractivity contribution in [2.45, 2.75) is 19.4 Å². The molecule has 0 saturated heterocycles. The molecule has 1 aromatic rings. The highest BCUT2D eigenvalue weighted by Crippen LogP contribution is 2.29. The Balaban J connectivity index is 2.42. The van der Waals surface area contributed by atoms with Crippen LogP contribution < -0.4 is 15.9 Å². The van der Waals surface area contributed by atoms with Crippen LogP contribution in [0.3, 0.4) is 0 Å². The van der Waals surface area contributed by atoms with Gasteiger partial charge in [0.05, 0.1) is 12.7 Å². The zero-order valence-electron chi connectivity index (χ0n) is 9.65. The Morgan fingerprint density at radius 3 is 3.00 bits per heavy atom. The van der Waals surface area contributed by atoms with Gasteiger partial charge in [-0.05, 0) is 18.6 Å². The highest BCUT2D eigenvalue weighted by atomic mass is 19.1. The molecule has 3 N–H and O–H groups in total. The van der Waals surface area contributed by atoms with Gasteiger partial charge in [-0.15, -0.1) is 0 Å². The number of halogens is 1. The van der Waals surface area contributed by atoms with Crippen LogP contribution in [-0.2, 0) is 4.65 Å². The summed E-state index contributed by atoms with van der Waals surface area (Å²) in [5, 5.41) is 9.76. The van der Waals surface area contributed by atoms with E-state index in [2.05, 4.69) is 0 Å². The number of benzene rings is 1. The minimum absolute atomic E-state index is 0.123. The van der Waals surface area contributed by atoms with Crippen molar-refractivity contribution < 1.29 is 18.8 Å². The summed E-state index contributed by atoms with van der Waals surface area (Å²) < 4.78 is 24.4. The predicted octanol–water partition coefficient (Wildman–Crippen LogP) is 0.332. The molecule has 0 fully saturated rings. The van der Waals surface area contributed by atoms with Crippen molar-refractivity contribution in [3.8, 4) is 5.75 Å². The number of nitrogens with two attached hydrogens (primary N) is 1. The van der Waals surface area contributed by atoms with E-state index in [9.17, 15) is 9.41 Å². The van der Waals surface area contributed by atoms with Gasteiger partial charge in [0.2, 0.25) is 0 Å². The molecular formula is C11H15BFNO3. The fourth-order valence-electron chi connectivity index (χ4n) is 1.97. The average Bonchev–Trinajstić information content (AvgIpc) is 2.67. The van der Waals surface area contributed by atoms with Crippen molar-refractivity contribution in [1.29, 1.82) is 0 Å². The summed E-state index contributed by atoms with van der Waals surface area (Å²) in [6, 6.07) is 2.82. The Morgan fingerprint density at radius 2 is 2.35 bits per heavy atom. The van der Waals surface area contributed by atoms with E-state index < -0.39 is 19.0 Å². The number of rotatable bonds is 4. The van der Waals surface area contributed by atoms with Crippen LogP contribution in [0.5, 0.6) is 5.75 Å². The fraction of sp³-hybridized carbons (Fsp3) is 0.455. The Labute approximate surface area is 99.7 Å². The van der Waals surface area contributed by atoms with Crippen LogP contribution in [0.15, 0.2) is 12.1 Å². The molecule has 6 heteroatoms. The van der Waals surface area contributed by atoms with Gasteiger partial charge in [-0.1, -0.05) is 6.92 Å². The first-order valence-corrected chi connectivity index (χ1v) is 5.67. The first-order chi connectivity index (χ1) is 8.19. The van der Waals surface area contributed by atoms with E-state index in [1.807, 2.05) is 6.92 Å². The SMILES string of the molecule is CCCOc1ccc(F)c2c1B(O)OC2CN. The monoisotopic (exact) mass is 239 g/mol. The lowest BCUT2D eigenvalue weighted by molar-refractivity contribution is 0.194. The highest BCUT2D eigenvalue weighted by molar-refractivity contribution is 6.62. The van der Waals surface area contributed by atoms with Gasteiger partial charge < -0.3 is 20.1 Å². The molecular weight excluding hydrogens is 224 g/mol. The molecule has 1 aliphatic rings. The normalized spacial score (nSPS) is 18.4. The van der Waals surface area contributed by atoms with E-state index in [1.54, 1.807) is 0 Å². The third kappa shape index (κ3) is 2.16. The van der Waals surface area contributed by atoms with Crippen LogP contribution in [-0.4, -0.2) is 25.3 Å². The zero-order chi connectivity index (χ0) is 12.4. The molecule has 1 aliphatic heterocycles. The van der Waals surface area contributed by atoms with E-state index in [-0.39, 0.29) is 6.54 Å². The maximum atomic E-state index is 13.7. The first kappa shape index (κ1) is 12.4. The molecule has 0 amide bonds. The third-order valence-corrected chi connectivity index (χ3v) is 2.73. The largest absolute Gasteiger partial charge is 0.495 e. The van der Waals surface area contributed by atoms with Gasteiger partial charge in [-0.25, -0.2) is 4.39 Å².